The van der Waals surface area contributed by atoms with Crippen molar-refractivity contribution in [1.29, 1.82) is 5.26 Å². The maximum Gasteiger partial charge on any atom is 0.320 e. The SMILES string of the molecule is C#CC[C@@H]([CH+]OCN[C@@H](CCCCN)C(=O)O)NC(=O)[C@H](CCCN=C(N)N)NC(=O)CCC(=O)Nc1cccc2c(C(=O)NCC(=O)N3CC(F)(F)C[C@H]3C#N)ccnc12. The van der Waals surface area contributed by atoms with Crippen LogP contribution in [0.15, 0.2) is 35.5 Å². The number of rotatable bonds is 25. The standard InChI is InChI=1S/C39H50F2N12O8/c1-2-7-24(21-61-23-49-30(37(59)60)9-3-4-15-42)50-36(58)29(11-6-16-47-38(44)45)52-32(55)13-12-31(54)51-28-10-5-8-26-27(14-17-46-34(26)28)35(57)48-20-33(56)53-22-39(40,41)18-25(53)19-43/h1,5,8,10,14,17,21,24-25,29-30,49H,3-4,6-7,9,11-13,15-16,18,20,22-23,42H2,(H8-,44,45,47,48,50,51,52,54,55,57,58,59,60)/p+1/t24-,25-,29-,30-/m0/s1. The van der Waals surface area contributed by atoms with E-state index in [9.17, 15) is 47.9 Å². The molecule has 20 nitrogen and oxygen atoms in total. The van der Waals surface area contributed by atoms with E-state index in [1.807, 2.05) is 0 Å². The fraction of sp³-hybridized carbons (Fsp3) is 0.487. The van der Waals surface area contributed by atoms with E-state index in [0.717, 1.165) is 4.90 Å². The first-order chi connectivity index (χ1) is 29.1. The summed E-state index contributed by atoms with van der Waals surface area (Å²) in [5.74, 6) is -5.48. The molecular weight excluding hydrogens is 803 g/mol. The number of unbranched alkanes of at least 4 members (excludes halogenated alkanes) is 1. The number of fused-ring (bicyclic) bond motifs is 1. The highest BCUT2D eigenvalue weighted by Crippen LogP contribution is 2.31. The van der Waals surface area contributed by atoms with Gasteiger partial charge in [-0.1, -0.05) is 24.5 Å². The third-order valence-corrected chi connectivity index (χ3v) is 9.19. The Kier molecular flexibility index (Phi) is 19.5. The zero-order valence-corrected chi connectivity index (χ0v) is 33.3. The van der Waals surface area contributed by atoms with Crippen molar-refractivity contribution in [3.63, 3.8) is 0 Å². The lowest BCUT2D eigenvalue weighted by Gasteiger charge is -2.19. The van der Waals surface area contributed by atoms with Gasteiger partial charge in [0.15, 0.2) is 5.96 Å². The molecule has 1 aromatic carbocycles. The second kappa shape index (κ2) is 24.5. The van der Waals surface area contributed by atoms with Gasteiger partial charge in [-0.05, 0) is 44.4 Å². The van der Waals surface area contributed by atoms with Crippen LogP contribution < -0.4 is 43.8 Å². The Morgan fingerprint density at radius 2 is 1.82 bits per heavy atom. The quantitative estimate of drug-likeness (QED) is 0.0156. The van der Waals surface area contributed by atoms with E-state index in [4.69, 9.17) is 28.4 Å². The second-order valence-corrected chi connectivity index (χ2v) is 13.9. The number of nitrogens with two attached hydrogens (primary N) is 3. The summed E-state index contributed by atoms with van der Waals surface area (Å²) >= 11 is 0. The third kappa shape index (κ3) is 16.2. The summed E-state index contributed by atoms with van der Waals surface area (Å²) in [6.07, 6.45) is 7.29. The van der Waals surface area contributed by atoms with Crippen molar-refractivity contribution in [2.24, 2.45) is 22.2 Å². The van der Waals surface area contributed by atoms with E-state index in [1.54, 1.807) is 12.1 Å². The van der Waals surface area contributed by atoms with Gasteiger partial charge in [-0.25, -0.2) is 8.78 Å². The van der Waals surface area contributed by atoms with E-state index in [1.165, 1.54) is 31.0 Å². The topological polar surface area (TPSA) is 322 Å². The molecule has 2 heterocycles. The Bertz CT molecular complexity index is 1980. The van der Waals surface area contributed by atoms with Crippen LogP contribution in [0, 0.1) is 30.3 Å². The molecule has 1 saturated heterocycles. The van der Waals surface area contributed by atoms with Gasteiger partial charge in [0.1, 0.15) is 24.9 Å². The minimum atomic E-state index is -3.22. The van der Waals surface area contributed by atoms with Crippen LogP contribution in [0.3, 0.4) is 0 Å². The van der Waals surface area contributed by atoms with Crippen molar-refractivity contribution < 1.29 is 47.4 Å². The minimum Gasteiger partial charge on any atom is -0.480 e. The third-order valence-electron chi connectivity index (χ3n) is 9.19. The first kappa shape index (κ1) is 48.7. The number of aliphatic imine (C=N–C) groups is 1. The van der Waals surface area contributed by atoms with Crippen LogP contribution in [0.25, 0.3) is 10.9 Å². The van der Waals surface area contributed by atoms with Crippen molar-refractivity contribution in [3.8, 4) is 18.4 Å². The Morgan fingerprint density at radius 3 is 2.51 bits per heavy atom. The average Bonchev–Trinajstić information content (AvgIpc) is 3.55. The first-order valence-electron chi connectivity index (χ1n) is 19.3. The van der Waals surface area contributed by atoms with E-state index in [-0.39, 0.29) is 73.5 Å². The fourth-order valence-electron chi connectivity index (χ4n) is 6.16. The molecule has 2 aromatic rings. The molecule has 0 unspecified atom stereocenters. The van der Waals surface area contributed by atoms with Gasteiger partial charge in [0.05, 0.1) is 42.3 Å². The number of benzene rings is 1. The summed E-state index contributed by atoms with van der Waals surface area (Å²) < 4.78 is 33.1. The van der Waals surface area contributed by atoms with Crippen molar-refractivity contribution in [2.75, 3.05) is 38.2 Å². The molecule has 0 bridgehead atoms. The molecule has 1 fully saturated rings. The molecule has 4 atom stereocenters. The van der Waals surface area contributed by atoms with Gasteiger partial charge in [0.25, 0.3) is 18.4 Å². The number of anilines is 1. The number of carboxylic acids is 1. The lowest BCUT2D eigenvalue weighted by Crippen LogP contribution is -2.50. The number of hydrogen-bond acceptors (Lipinski definition) is 12. The molecule has 3 rings (SSSR count). The fourth-order valence-corrected chi connectivity index (χ4v) is 6.16. The number of nitriles is 1. The summed E-state index contributed by atoms with van der Waals surface area (Å²) in [6, 6.07) is 3.51. The van der Waals surface area contributed by atoms with Crippen LogP contribution in [-0.4, -0.2) is 119 Å². The number of aromatic nitrogens is 1. The highest BCUT2D eigenvalue weighted by Gasteiger charge is 2.47. The van der Waals surface area contributed by atoms with E-state index in [2.05, 4.69) is 42.5 Å². The largest absolute Gasteiger partial charge is 0.480 e. The van der Waals surface area contributed by atoms with Gasteiger partial charge in [0.2, 0.25) is 29.7 Å². The smallest absolute Gasteiger partial charge is 0.320 e. The molecule has 12 N–H and O–H groups in total. The highest BCUT2D eigenvalue weighted by atomic mass is 19.3. The molecule has 0 radical (unpaired) electrons. The Hall–Kier alpha value is -6.62. The van der Waals surface area contributed by atoms with Crippen molar-refractivity contribution in [3.05, 3.63) is 42.6 Å². The summed E-state index contributed by atoms with van der Waals surface area (Å²) in [5, 5.41) is 32.0. The number of carbonyl (C=O) groups is 6. The molecule has 5 amide bonds. The maximum atomic E-state index is 13.8. The average molecular weight is 854 g/mol. The molecule has 22 heteroatoms. The van der Waals surface area contributed by atoms with E-state index < -0.39 is 85.1 Å². The lowest BCUT2D eigenvalue weighted by molar-refractivity contribution is -0.140. The van der Waals surface area contributed by atoms with Crippen molar-refractivity contribution in [1.82, 2.24) is 31.2 Å². The van der Waals surface area contributed by atoms with Crippen LogP contribution in [0.5, 0.6) is 0 Å². The molecule has 0 saturated carbocycles. The van der Waals surface area contributed by atoms with Gasteiger partial charge in [0, 0.05) is 37.4 Å². The number of para-hydroxylation sites is 1. The second-order valence-electron chi connectivity index (χ2n) is 13.9. The summed E-state index contributed by atoms with van der Waals surface area (Å²) in [6.45, 7) is 0.0666. The number of hydrogen-bond donors (Lipinski definition) is 9. The van der Waals surface area contributed by atoms with Gasteiger partial charge >= 0.3 is 5.97 Å². The zero-order valence-electron chi connectivity index (χ0n) is 33.3. The van der Waals surface area contributed by atoms with Crippen LogP contribution in [0.1, 0.15) is 68.1 Å². The number of nitrogens with one attached hydrogen (secondary N) is 5. The maximum absolute atomic E-state index is 13.8. The summed E-state index contributed by atoms with van der Waals surface area (Å²) in [7, 11) is 0. The van der Waals surface area contributed by atoms with Crippen molar-refractivity contribution in [2.45, 2.75) is 87.9 Å². The predicted molar refractivity (Wildman–Crippen MR) is 218 cm³/mol. The molecular formula is C39H51F2N12O8+. The Balaban J connectivity index is 1.59. The number of carboxylic acid groups (broad SMARTS) is 1. The monoisotopic (exact) mass is 853 g/mol. The van der Waals surface area contributed by atoms with Gasteiger partial charge in [-0.3, -0.25) is 44.1 Å². The van der Waals surface area contributed by atoms with E-state index in [0.29, 0.717) is 25.8 Å². The molecule has 1 aliphatic heterocycles. The highest BCUT2D eigenvalue weighted by molar-refractivity contribution is 6.10. The Morgan fingerprint density at radius 1 is 1.08 bits per heavy atom. The minimum absolute atomic E-state index is 0.000512. The molecule has 61 heavy (non-hydrogen) atoms. The number of alkyl halides is 2. The van der Waals surface area contributed by atoms with Gasteiger partial charge < -0.3 is 48.5 Å². The zero-order chi connectivity index (χ0) is 45.0. The normalized spacial score (nSPS) is 15.6. The number of nitrogens with zero attached hydrogens (tertiary/aromatic N) is 4. The number of likely N-dealkylation sites (tertiary alicyclic amines) is 1. The van der Waals surface area contributed by atoms with Crippen LogP contribution >= 0.6 is 0 Å². The number of pyridine rings is 1. The molecule has 0 spiro atoms. The van der Waals surface area contributed by atoms with Crippen molar-refractivity contribution >= 4 is 58.1 Å². The number of aliphatic carboxylic acids is 1. The first-order valence-corrected chi connectivity index (χ1v) is 19.3. The Labute approximate surface area is 350 Å². The molecule has 328 valence electrons. The number of guanidine groups is 1. The van der Waals surface area contributed by atoms with E-state index >= 15 is 0 Å². The number of terminal acetylenes is 1. The molecule has 1 aromatic heterocycles. The van der Waals surface area contributed by atoms with Gasteiger partial charge in [-0.15, -0.1) is 6.42 Å². The predicted octanol–water partition coefficient (Wildman–Crippen LogP) is -0.203. The number of amides is 5. The number of carbonyl (C=O) groups excluding carboxylic acids is 5. The number of ether oxygens (including phenoxy) is 1. The van der Waals surface area contributed by atoms with Gasteiger partial charge in [-0.2, -0.15) is 10.00 Å². The van der Waals surface area contributed by atoms with Crippen LogP contribution in [0.4, 0.5) is 14.5 Å². The molecule has 1 aliphatic rings. The summed E-state index contributed by atoms with van der Waals surface area (Å²) in [5.41, 5.74) is 16.7. The van der Waals surface area contributed by atoms with Crippen LogP contribution in [-0.2, 0) is 28.7 Å². The lowest BCUT2D eigenvalue weighted by atomic mass is 10.1. The number of halogens is 2. The summed E-state index contributed by atoms with van der Waals surface area (Å²) in [4.78, 5) is 85.7. The van der Waals surface area contributed by atoms with Crippen LogP contribution in [0.2, 0.25) is 0 Å². The molecule has 0 aliphatic carbocycles.